The lowest BCUT2D eigenvalue weighted by molar-refractivity contribution is 0.522. The van der Waals surface area contributed by atoms with Gasteiger partial charge in [-0.2, -0.15) is 0 Å². The molecule has 94 valence electrons. The zero-order valence-corrected chi connectivity index (χ0v) is 11.0. The Morgan fingerprint density at radius 1 is 1.22 bits per heavy atom. The molecule has 0 radical (unpaired) electrons. The van der Waals surface area contributed by atoms with Gasteiger partial charge >= 0.3 is 0 Å². The van der Waals surface area contributed by atoms with E-state index in [0.29, 0.717) is 10.2 Å². The number of benzene rings is 1. The molecule has 1 atom stereocenters. The fraction of sp³-hybridized carbons (Fsp3) is 0.154. The van der Waals surface area contributed by atoms with Gasteiger partial charge < -0.3 is 5.73 Å². The summed E-state index contributed by atoms with van der Waals surface area (Å²) in [6.45, 7) is 0. The lowest BCUT2D eigenvalue weighted by Gasteiger charge is -2.13. The minimum absolute atomic E-state index is 0.108. The van der Waals surface area contributed by atoms with Crippen molar-refractivity contribution in [3.05, 3.63) is 63.9 Å². The first-order valence-electron chi connectivity index (χ1n) is 5.38. The molecule has 18 heavy (non-hydrogen) atoms. The van der Waals surface area contributed by atoms with Crippen molar-refractivity contribution in [3.8, 4) is 0 Å². The molecule has 0 amide bonds. The largest absolute Gasteiger partial charge is 0.323 e. The van der Waals surface area contributed by atoms with Crippen molar-refractivity contribution in [3.63, 3.8) is 0 Å². The smallest absolute Gasteiger partial charge is 0.132 e. The molecule has 5 heteroatoms. The van der Waals surface area contributed by atoms with Crippen LogP contribution >= 0.6 is 15.9 Å². The molecule has 0 bridgehead atoms. The van der Waals surface area contributed by atoms with E-state index in [1.165, 1.54) is 12.1 Å². The molecule has 0 spiro atoms. The monoisotopic (exact) mass is 312 g/mol. The fourth-order valence-corrected chi connectivity index (χ4v) is 2.16. The average Bonchev–Trinajstić information content (AvgIpc) is 2.28. The summed E-state index contributed by atoms with van der Waals surface area (Å²) < 4.78 is 27.7. The second-order valence-corrected chi connectivity index (χ2v) is 4.83. The van der Waals surface area contributed by atoms with Crippen molar-refractivity contribution < 1.29 is 8.78 Å². The van der Waals surface area contributed by atoms with E-state index in [4.69, 9.17) is 5.73 Å². The second-order valence-electron chi connectivity index (χ2n) is 3.91. The Labute approximate surface area is 112 Å². The maximum Gasteiger partial charge on any atom is 0.132 e. The molecule has 0 aliphatic heterocycles. The molecular formula is C13H11BrF2N2. The zero-order chi connectivity index (χ0) is 13.1. The van der Waals surface area contributed by atoms with Crippen LogP contribution in [0.25, 0.3) is 0 Å². The van der Waals surface area contributed by atoms with Crippen molar-refractivity contribution in [1.82, 2.24) is 4.98 Å². The Balaban J connectivity index is 2.27. The number of aromatic nitrogens is 1. The highest BCUT2D eigenvalue weighted by atomic mass is 79.9. The molecule has 1 unspecified atom stereocenters. The molecule has 0 saturated carbocycles. The highest BCUT2D eigenvalue weighted by Crippen LogP contribution is 2.25. The van der Waals surface area contributed by atoms with Crippen LogP contribution < -0.4 is 5.73 Å². The number of nitrogens with two attached hydrogens (primary N) is 1. The van der Waals surface area contributed by atoms with Crippen LogP contribution in [-0.2, 0) is 6.42 Å². The van der Waals surface area contributed by atoms with Crippen molar-refractivity contribution >= 4 is 15.9 Å². The third-order valence-electron chi connectivity index (χ3n) is 2.57. The number of hydrogen-bond donors (Lipinski definition) is 1. The predicted octanol–water partition coefficient (Wildman–Crippen LogP) is 3.36. The molecule has 2 aromatic rings. The van der Waals surface area contributed by atoms with E-state index in [0.717, 1.165) is 0 Å². The molecule has 1 aromatic carbocycles. The summed E-state index contributed by atoms with van der Waals surface area (Å²) in [5.74, 6) is -1.30. The SMILES string of the molecule is NC(Cc1ccccn1)c1c(F)cc(Br)cc1F. The fourth-order valence-electron chi connectivity index (χ4n) is 1.75. The maximum atomic E-state index is 13.7. The Hall–Kier alpha value is -1.33. The van der Waals surface area contributed by atoms with E-state index >= 15 is 0 Å². The average molecular weight is 313 g/mol. The quantitative estimate of drug-likeness (QED) is 0.943. The topological polar surface area (TPSA) is 38.9 Å². The molecule has 1 aromatic heterocycles. The van der Waals surface area contributed by atoms with Gasteiger partial charge in [0.2, 0.25) is 0 Å². The summed E-state index contributed by atoms with van der Waals surface area (Å²) in [6.07, 6.45) is 1.91. The highest BCUT2D eigenvalue weighted by molar-refractivity contribution is 9.10. The van der Waals surface area contributed by atoms with E-state index in [9.17, 15) is 8.78 Å². The second kappa shape index (κ2) is 5.54. The summed E-state index contributed by atoms with van der Waals surface area (Å²) in [4.78, 5) is 4.09. The highest BCUT2D eigenvalue weighted by Gasteiger charge is 2.18. The van der Waals surface area contributed by atoms with Crippen LogP contribution in [0, 0.1) is 11.6 Å². The summed E-state index contributed by atoms with van der Waals surface area (Å²) in [5.41, 5.74) is 6.44. The van der Waals surface area contributed by atoms with Crippen LogP contribution in [0.2, 0.25) is 0 Å². The third-order valence-corrected chi connectivity index (χ3v) is 3.03. The van der Waals surface area contributed by atoms with Gasteiger partial charge in [0.05, 0.1) is 0 Å². The van der Waals surface area contributed by atoms with Crippen LogP contribution in [0.3, 0.4) is 0 Å². The van der Waals surface area contributed by atoms with Crippen LogP contribution in [0.5, 0.6) is 0 Å². The van der Waals surface area contributed by atoms with Gasteiger partial charge in [-0.05, 0) is 24.3 Å². The lowest BCUT2D eigenvalue weighted by atomic mass is 10.0. The Morgan fingerprint density at radius 2 is 1.89 bits per heavy atom. The van der Waals surface area contributed by atoms with E-state index in [-0.39, 0.29) is 12.0 Å². The minimum atomic E-state index is -0.756. The van der Waals surface area contributed by atoms with Gasteiger partial charge in [0, 0.05) is 34.4 Å². The van der Waals surface area contributed by atoms with Crippen LogP contribution in [0.1, 0.15) is 17.3 Å². The molecule has 0 aliphatic rings. The molecule has 2 N–H and O–H groups in total. The van der Waals surface area contributed by atoms with Crippen LogP contribution in [0.4, 0.5) is 8.78 Å². The Kier molecular flexibility index (Phi) is 4.04. The molecule has 2 rings (SSSR count). The van der Waals surface area contributed by atoms with Crippen molar-refractivity contribution in [2.24, 2.45) is 5.73 Å². The molecule has 0 saturated heterocycles. The van der Waals surface area contributed by atoms with Crippen molar-refractivity contribution in [2.75, 3.05) is 0 Å². The van der Waals surface area contributed by atoms with Gasteiger partial charge in [0.1, 0.15) is 11.6 Å². The van der Waals surface area contributed by atoms with E-state index in [2.05, 4.69) is 20.9 Å². The van der Waals surface area contributed by atoms with Crippen molar-refractivity contribution in [2.45, 2.75) is 12.5 Å². The number of halogens is 3. The number of rotatable bonds is 3. The van der Waals surface area contributed by atoms with E-state index in [1.54, 1.807) is 18.3 Å². The molecule has 0 fully saturated rings. The molecular weight excluding hydrogens is 302 g/mol. The first-order valence-corrected chi connectivity index (χ1v) is 6.17. The minimum Gasteiger partial charge on any atom is -0.323 e. The summed E-state index contributed by atoms with van der Waals surface area (Å²) in [7, 11) is 0. The number of pyridine rings is 1. The summed E-state index contributed by atoms with van der Waals surface area (Å²) in [5, 5.41) is 0. The van der Waals surface area contributed by atoms with E-state index < -0.39 is 17.7 Å². The van der Waals surface area contributed by atoms with Crippen molar-refractivity contribution in [1.29, 1.82) is 0 Å². The number of hydrogen-bond acceptors (Lipinski definition) is 2. The first kappa shape index (κ1) is 13.1. The first-order chi connectivity index (χ1) is 8.58. The van der Waals surface area contributed by atoms with Gasteiger partial charge in [-0.1, -0.05) is 22.0 Å². The molecule has 0 aliphatic carbocycles. The lowest BCUT2D eigenvalue weighted by Crippen LogP contribution is -2.17. The van der Waals surface area contributed by atoms with Gasteiger partial charge in [-0.3, -0.25) is 4.98 Å². The van der Waals surface area contributed by atoms with Crippen LogP contribution in [-0.4, -0.2) is 4.98 Å². The van der Waals surface area contributed by atoms with Gasteiger partial charge in [0.15, 0.2) is 0 Å². The van der Waals surface area contributed by atoms with Gasteiger partial charge in [0.25, 0.3) is 0 Å². The maximum absolute atomic E-state index is 13.7. The van der Waals surface area contributed by atoms with Gasteiger partial charge in [-0.15, -0.1) is 0 Å². The van der Waals surface area contributed by atoms with Crippen LogP contribution in [0.15, 0.2) is 41.0 Å². The summed E-state index contributed by atoms with van der Waals surface area (Å²) in [6, 6.07) is 7.01. The Bertz CT molecular complexity index is 523. The predicted molar refractivity (Wildman–Crippen MR) is 68.9 cm³/mol. The Morgan fingerprint density at radius 3 is 2.44 bits per heavy atom. The molecule has 2 nitrogen and oxygen atoms in total. The normalized spacial score (nSPS) is 12.4. The third kappa shape index (κ3) is 2.91. The zero-order valence-electron chi connectivity index (χ0n) is 9.41. The number of nitrogens with zero attached hydrogens (tertiary/aromatic N) is 1. The molecule has 1 heterocycles. The summed E-state index contributed by atoms with van der Waals surface area (Å²) >= 11 is 3.03. The standard InChI is InChI=1S/C13H11BrF2N2/c14-8-5-10(15)13(11(16)6-8)12(17)7-9-3-1-2-4-18-9/h1-6,12H,7,17H2. The van der Waals surface area contributed by atoms with Gasteiger partial charge in [-0.25, -0.2) is 8.78 Å². The van der Waals surface area contributed by atoms with E-state index in [1.807, 2.05) is 6.07 Å².